The van der Waals surface area contributed by atoms with E-state index in [0.717, 1.165) is 11.3 Å². The molecule has 1 fully saturated rings. The van der Waals surface area contributed by atoms with Gasteiger partial charge in [0.1, 0.15) is 11.6 Å². The molecule has 6 heteroatoms. The van der Waals surface area contributed by atoms with Gasteiger partial charge in [0.25, 0.3) is 0 Å². The van der Waals surface area contributed by atoms with Gasteiger partial charge in [0.15, 0.2) is 0 Å². The van der Waals surface area contributed by atoms with Gasteiger partial charge in [-0.25, -0.2) is 4.39 Å². The highest BCUT2D eigenvalue weighted by atomic mass is 19.1. The quantitative estimate of drug-likeness (QED) is 0.865. The molecule has 0 saturated carbocycles. The molecule has 1 saturated heterocycles. The molecule has 1 aliphatic rings. The van der Waals surface area contributed by atoms with E-state index in [-0.39, 0.29) is 30.0 Å². The van der Waals surface area contributed by atoms with Gasteiger partial charge in [-0.05, 0) is 42.0 Å². The van der Waals surface area contributed by atoms with Crippen LogP contribution in [-0.4, -0.2) is 32.0 Å². The van der Waals surface area contributed by atoms with E-state index in [9.17, 15) is 14.0 Å². The number of rotatable bonds is 6. The second-order valence-electron chi connectivity index (χ2n) is 6.38. The van der Waals surface area contributed by atoms with Crippen molar-refractivity contribution in [1.82, 2.24) is 5.32 Å². The van der Waals surface area contributed by atoms with Crippen molar-refractivity contribution in [3.8, 4) is 5.75 Å². The number of nitrogens with one attached hydrogen (secondary N) is 1. The topological polar surface area (TPSA) is 58.6 Å². The summed E-state index contributed by atoms with van der Waals surface area (Å²) in [7, 11) is 1.60. The van der Waals surface area contributed by atoms with Crippen LogP contribution in [0.1, 0.15) is 12.0 Å². The van der Waals surface area contributed by atoms with Crippen molar-refractivity contribution < 1.29 is 18.7 Å². The summed E-state index contributed by atoms with van der Waals surface area (Å²) >= 11 is 0. The van der Waals surface area contributed by atoms with Crippen molar-refractivity contribution in [2.24, 2.45) is 5.92 Å². The zero-order chi connectivity index (χ0) is 18.5. The Morgan fingerprint density at radius 2 is 1.88 bits per heavy atom. The summed E-state index contributed by atoms with van der Waals surface area (Å²) in [5.74, 6) is 0.378. The molecule has 5 nitrogen and oxygen atoms in total. The van der Waals surface area contributed by atoms with Crippen molar-refractivity contribution in [3.05, 3.63) is 59.9 Å². The number of anilines is 1. The van der Waals surface area contributed by atoms with Crippen LogP contribution in [-0.2, 0) is 16.0 Å². The smallest absolute Gasteiger partial charge is 0.227 e. The molecule has 2 amide bonds. The zero-order valence-electron chi connectivity index (χ0n) is 14.6. The minimum absolute atomic E-state index is 0.00832. The third-order valence-electron chi connectivity index (χ3n) is 4.46. The molecule has 136 valence electrons. The fraction of sp³-hybridized carbons (Fsp3) is 0.300. The number of ether oxygens (including phenoxy) is 1. The van der Waals surface area contributed by atoms with Crippen LogP contribution < -0.4 is 15.0 Å². The van der Waals surface area contributed by atoms with Gasteiger partial charge >= 0.3 is 0 Å². The van der Waals surface area contributed by atoms with E-state index in [0.29, 0.717) is 25.2 Å². The van der Waals surface area contributed by atoms with Crippen LogP contribution in [0.4, 0.5) is 10.1 Å². The molecule has 26 heavy (non-hydrogen) atoms. The fourth-order valence-electron chi connectivity index (χ4n) is 3.04. The van der Waals surface area contributed by atoms with Crippen molar-refractivity contribution in [2.45, 2.75) is 12.8 Å². The SMILES string of the molecule is COc1ccc(CC(=O)NC[C@H]2CC(=O)N(c3ccc(F)cc3)C2)cc1. The van der Waals surface area contributed by atoms with Gasteiger partial charge in [0.2, 0.25) is 11.8 Å². The highest BCUT2D eigenvalue weighted by Gasteiger charge is 2.30. The van der Waals surface area contributed by atoms with E-state index in [1.807, 2.05) is 24.3 Å². The largest absolute Gasteiger partial charge is 0.497 e. The fourth-order valence-corrected chi connectivity index (χ4v) is 3.04. The summed E-state index contributed by atoms with van der Waals surface area (Å²) < 4.78 is 18.1. The molecular formula is C20H21FN2O3. The Kier molecular flexibility index (Phi) is 5.51. The normalized spacial score (nSPS) is 16.6. The molecule has 2 aromatic rings. The van der Waals surface area contributed by atoms with Gasteiger partial charge in [-0.15, -0.1) is 0 Å². The lowest BCUT2D eigenvalue weighted by Gasteiger charge is -2.17. The summed E-state index contributed by atoms with van der Waals surface area (Å²) in [5, 5.41) is 2.89. The maximum atomic E-state index is 13.0. The van der Waals surface area contributed by atoms with Gasteiger partial charge in [0.05, 0.1) is 13.5 Å². The molecule has 1 atom stereocenters. The first-order valence-electron chi connectivity index (χ1n) is 8.50. The lowest BCUT2D eigenvalue weighted by Crippen LogP contribution is -2.32. The predicted molar refractivity (Wildman–Crippen MR) is 96.6 cm³/mol. The number of carbonyl (C=O) groups excluding carboxylic acids is 2. The molecule has 0 radical (unpaired) electrons. The molecule has 1 N–H and O–H groups in total. The molecule has 3 rings (SSSR count). The number of hydrogen-bond acceptors (Lipinski definition) is 3. The number of carbonyl (C=O) groups is 2. The number of methoxy groups -OCH3 is 1. The van der Waals surface area contributed by atoms with E-state index in [2.05, 4.69) is 5.32 Å². The number of amides is 2. The number of halogens is 1. The molecule has 0 spiro atoms. The molecule has 0 aromatic heterocycles. The third-order valence-corrected chi connectivity index (χ3v) is 4.46. The second kappa shape index (κ2) is 7.99. The van der Waals surface area contributed by atoms with Crippen LogP contribution in [0.5, 0.6) is 5.75 Å². The minimum atomic E-state index is -0.331. The van der Waals surface area contributed by atoms with Gasteiger partial charge in [0, 0.05) is 31.1 Å². The summed E-state index contributed by atoms with van der Waals surface area (Å²) in [6.07, 6.45) is 0.659. The summed E-state index contributed by atoms with van der Waals surface area (Å²) in [4.78, 5) is 25.9. The molecule has 0 bridgehead atoms. The molecule has 0 unspecified atom stereocenters. The van der Waals surface area contributed by atoms with Crippen LogP contribution in [0.25, 0.3) is 0 Å². The van der Waals surface area contributed by atoms with Crippen LogP contribution in [0.3, 0.4) is 0 Å². The maximum Gasteiger partial charge on any atom is 0.227 e. The van der Waals surface area contributed by atoms with Crippen LogP contribution in [0, 0.1) is 11.7 Å². The Hall–Kier alpha value is -2.89. The number of hydrogen-bond donors (Lipinski definition) is 1. The van der Waals surface area contributed by atoms with E-state index in [4.69, 9.17) is 4.74 Å². The summed E-state index contributed by atoms with van der Waals surface area (Å²) in [5.41, 5.74) is 1.59. The lowest BCUT2D eigenvalue weighted by molar-refractivity contribution is -0.121. The second-order valence-corrected chi connectivity index (χ2v) is 6.38. The van der Waals surface area contributed by atoms with Crippen molar-refractivity contribution >= 4 is 17.5 Å². The highest BCUT2D eigenvalue weighted by molar-refractivity contribution is 5.95. The first-order valence-corrected chi connectivity index (χ1v) is 8.50. The van der Waals surface area contributed by atoms with Crippen LogP contribution >= 0.6 is 0 Å². The molecular weight excluding hydrogens is 335 g/mol. The van der Waals surface area contributed by atoms with Crippen molar-refractivity contribution in [2.75, 3.05) is 25.1 Å². The van der Waals surface area contributed by atoms with Crippen molar-refractivity contribution in [3.63, 3.8) is 0 Å². The van der Waals surface area contributed by atoms with E-state index < -0.39 is 0 Å². The lowest BCUT2D eigenvalue weighted by atomic mass is 10.1. The standard InChI is InChI=1S/C20H21FN2O3/c1-26-18-8-2-14(3-9-18)10-19(24)22-12-15-11-20(25)23(13-15)17-6-4-16(21)5-7-17/h2-9,15H,10-13H2,1H3,(H,22,24)/t15-/m1/s1. The summed E-state index contributed by atoms with van der Waals surface area (Å²) in [6, 6.07) is 13.2. The minimum Gasteiger partial charge on any atom is -0.497 e. The summed E-state index contributed by atoms with van der Waals surface area (Å²) in [6.45, 7) is 0.964. The first kappa shape index (κ1) is 17.9. The Morgan fingerprint density at radius 1 is 1.19 bits per heavy atom. The predicted octanol–water partition coefficient (Wildman–Crippen LogP) is 2.55. The van der Waals surface area contributed by atoms with E-state index >= 15 is 0 Å². The van der Waals surface area contributed by atoms with Crippen LogP contribution in [0.2, 0.25) is 0 Å². The first-order chi connectivity index (χ1) is 12.5. The van der Waals surface area contributed by atoms with Gasteiger partial charge < -0.3 is 15.0 Å². The zero-order valence-corrected chi connectivity index (χ0v) is 14.6. The Bertz CT molecular complexity index is 775. The third kappa shape index (κ3) is 4.39. The molecule has 2 aromatic carbocycles. The number of benzene rings is 2. The van der Waals surface area contributed by atoms with Gasteiger partial charge in [-0.1, -0.05) is 12.1 Å². The highest BCUT2D eigenvalue weighted by Crippen LogP contribution is 2.24. The average molecular weight is 356 g/mol. The Labute approximate surface area is 151 Å². The van der Waals surface area contributed by atoms with Gasteiger partial charge in [-0.3, -0.25) is 9.59 Å². The van der Waals surface area contributed by atoms with E-state index in [1.165, 1.54) is 12.1 Å². The maximum absolute atomic E-state index is 13.0. The Morgan fingerprint density at radius 3 is 2.54 bits per heavy atom. The Balaban J connectivity index is 1.49. The van der Waals surface area contributed by atoms with Gasteiger partial charge in [-0.2, -0.15) is 0 Å². The monoisotopic (exact) mass is 356 g/mol. The number of nitrogens with zero attached hydrogens (tertiary/aromatic N) is 1. The molecule has 1 heterocycles. The van der Waals surface area contributed by atoms with Crippen LogP contribution in [0.15, 0.2) is 48.5 Å². The molecule has 0 aliphatic carbocycles. The van der Waals surface area contributed by atoms with Crippen molar-refractivity contribution in [1.29, 1.82) is 0 Å². The van der Waals surface area contributed by atoms with E-state index in [1.54, 1.807) is 24.1 Å². The average Bonchev–Trinajstić information content (AvgIpc) is 3.02. The molecule has 1 aliphatic heterocycles.